The zero-order valence-corrected chi connectivity index (χ0v) is 13.3. The Balaban J connectivity index is 2.42. The van der Waals surface area contributed by atoms with Crippen molar-refractivity contribution in [3.8, 4) is 0 Å². The van der Waals surface area contributed by atoms with E-state index >= 15 is 0 Å². The smallest absolute Gasteiger partial charge is 0.339 e. The Bertz CT molecular complexity index is 806. The fourth-order valence-electron chi connectivity index (χ4n) is 1.63. The number of carboxylic acids is 1. The quantitative estimate of drug-likeness (QED) is 0.862. The second kappa shape index (κ2) is 5.82. The van der Waals surface area contributed by atoms with E-state index in [-0.39, 0.29) is 16.3 Å². The van der Waals surface area contributed by atoms with Crippen LogP contribution in [-0.2, 0) is 10.0 Å². The van der Waals surface area contributed by atoms with Crippen LogP contribution in [0.25, 0.3) is 0 Å². The normalized spacial score (nSPS) is 11.1. The molecule has 1 aromatic carbocycles. The molecule has 0 aliphatic rings. The zero-order chi connectivity index (χ0) is 15.6. The SMILES string of the molecule is Cc1cc(S(=O)(=O)Nc2ncccc2C(=O)O)ccc1Br. The van der Waals surface area contributed by atoms with Gasteiger partial charge in [0.05, 0.1) is 4.90 Å². The number of aryl methyl sites for hydroxylation is 1. The van der Waals surface area contributed by atoms with Crippen molar-refractivity contribution in [3.63, 3.8) is 0 Å². The van der Waals surface area contributed by atoms with E-state index in [1.165, 1.54) is 30.5 Å². The summed E-state index contributed by atoms with van der Waals surface area (Å²) in [5, 5.41) is 9.03. The number of pyridine rings is 1. The molecule has 0 aliphatic heterocycles. The minimum atomic E-state index is -3.91. The van der Waals surface area contributed by atoms with Crippen molar-refractivity contribution in [2.75, 3.05) is 4.72 Å². The van der Waals surface area contributed by atoms with Crippen LogP contribution in [0.4, 0.5) is 5.82 Å². The number of aromatic nitrogens is 1. The Hall–Kier alpha value is -1.93. The number of carbonyl (C=O) groups is 1. The lowest BCUT2D eigenvalue weighted by molar-refractivity contribution is 0.0697. The van der Waals surface area contributed by atoms with Crippen molar-refractivity contribution in [3.05, 3.63) is 52.1 Å². The molecular weight excluding hydrogens is 360 g/mol. The Labute approximate surface area is 130 Å². The minimum absolute atomic E-state index is 0.0326. The summed E-state index contributed by atoms with van der Waals surface area (Å²) < 4.78 is 27.5. The van der Waals surface area contributed by atoms with Gasteiger partial charge in [-0.15, -0.1) is 0 Å². The molecule has 110 valence electrons. The second-order valence-corrected chi connectivity index (χ2v) is 6.76. The molecular formula is C13H11BrN2O4S. The maximum absolute atomic E-state index is 12.3. The molecule has 0 unspecified atom stereocenters. The topological polar surface area (TPSA) is 96.4 Å². The first-order valence-corrected chi connectivity index (χ1v) is 8.06. The molecule has 0 aliphatic carbocycles. The number of halogens is 1. The molecule has 0 atom stereocenters. The molecule has 0 spiro atoms. The van der Waals surface area contributed by atoms with Gasteiger partial charge in [0.15, 0.2) is 5.82 Å². The first-order valence-electron chi connectivity index (χ1n) is 5.78. The number of anilines is 1. The number of nitrogens with zero attached hydrogens (tertiary/aromatic N) is 1. The number of benzene rings is 1. The van der Waals surface area contributed by atoms with E-state index < -0.39 is 16.0 Å². The van der Waals surface area contributed by atoms with E-state index in [4.69, 9.17) is 5.11 Å². The summed E-state index contributed by atoms with van der Waals surface area (Å²) in [7, 11) is -3.91. The van der Waals surface area contributed by atoms with E-state index in [0.717, 1.165) is 10.0 Å². The summed E-state index contributed by atoms with van der Waals surface area (Å²) in [6.07, 6.45) is 1.32. The third-order valence-corrected chi connectivity index (χ3v) is 4.94. The van der Waals surface area contributed by atoms with Crippen LogP contribution in [0.15, 0.2) is 45.9 Å². The van der Waals surface area contributed by atoms with Gasteiger partial charge >= 0.3 is 5.97 Å². The molecule has 6 nitrogen and oxygen atoms in total. The lowest BCUT2D eigenvalue weighted by atomic mass is 10.2. The van der Waals surface area contributed by atoms with Crippen LogP contribution in [0, 0.1) is 6.92 Å². The molecule has 8 heteroatoms. The number of hydrogen-bond acceptors (Lipinski definition) is 4. The average molecular weight is 371 g/mol. The Morgan fingerprint density at radius 3 is 2.67 bits per heavy atom. The standard InChI is InChI=1S/C13H11BrN2O4S/c1-8-7-9(4-5-11(8)14)21(19,20)16-12-10(13(17)18)3-2-6-15-12/h2-7H,1H3,(H,15,16)(H,17,18). The van der Waals surface area contributed by atoms with Gasteiger partial charge in [0, 0.05) is 10.7 Å². The molecule has 0 fully saturated rings. The van der Waals surface area contributed by atoms with Gasteiger partial charge in [-0.05, 0) is 42.8 Å². The van der Waals surface area contributed by atoms with Crippen molar-refractivity contribution in [2.45, 2.75) is 11.8 Å². The maximum atomic E-state index is 12.3. The lowest BCUT2D eigenvalue weighted by Crippen LogP contribution is -2.16. The summed E-state index contributed by atoms with van der Waals surface area (Å²) >= 11 is 3.29. The molecule has 2 rings (SSSR count). The van der Waals surface area contributed by atoms with Crippen molar-refractivity contribution in [2.24, 2.45) is 0 Å². The maximum Gasteiger partial charge on any atom is 0.339 e. The van der Waals surface area contributed by atoms with E-state index in [9.17, 15) is 13.2 Å². The number of sulfonamides is 1. The van der Waals surface area contributed by atoms with E-state index in [1.54, 1.807) is 13.0 Å². The first kappa shape index (κ1) is 15.5. The summed E-state index contributed by atoms with van der Waals surface area (Å²) in [5.41, 5.74) is 0.535. The van der Waals surface area contributed by atoms with Crippen molar-refractivity contribution >= 4 is 37.7 Å². The van der Waals surface area contributed by atoms with Gasteiger partial charge in [-0.2, -0.15) is 0 Å². The highest BCUT2D eigenvalue weighted by Crippen LogP contribution is 2.22. The summed E-state index contributed by atoms with van der Waals surface area (Å²) in [6.45, 7) is 1.76. The van der Waals surface area contributed by atoms with Gasteiger partial charge < -0.3 is 5.11 Å². The Morgan fingerprint density at radius 1 is 1.33 bits per heavy atom. The Kier molecular flexibility index (Phi) is 4.29. The number of hydrogen-bond donors (Lipinski definition) is 2. The third-order valence-electron chi connectivity index (χ3n) is 2.71. The predicted molar refractivity (Wildman–Crippen MR) is 80.9 cm³/mol. The fourth-order valence-corrected chi connectivity index (χ4v) is 2.99. The highest BCUT2D eigenvalue weighted by atomic mass is 79.9. The third kappa shape index (κ3) is 3.40. The first-order chi connectivity index (χ1) is 9.81. The van der Waals surface area contributed by atoms with Gasteiger partial charge in [0.25, 0.3) is 10.0 Å². The van der Waals surface area contributed by atoms with Crippen LogP contribution in [0.3, 0.4) is 0 Å². The predicted octanol–water partition coefficient (Wildman–Crippen LogP) is 2.65. The average Bonchev–Trinajstić information content (AvgIpc) is 2.41. The largest absolute Gasteiger partial charge is 0.478 e. The molecule has 2 N–H and O–H groups in total. The highest BCUT2D eigenvalue weighted by Gasteiger charge is 2.19. The van der Waals surface area contributed by atoms with Crippen LogP contribution >= 0.6 is 15.9 Å². The van der Waals surface area contributed by atoms with Crippen molar-refractivity contribution < 1.29 is 18.3 Å². The number of nitrogens with one attached hydrogen (secondary N) is 1. The van der Waals surface area contributed by atoms with Crippen molar-refractivity contribution in [1.29, 1.82) is 0 Å². The van der Waals surface area contributed by atoms with Crippen LogP contribution in [0.2, 0.25) is 0 Å². The molecule has 2 aromatic rings. The molecule has 0 bridgehead atoms. The summed E-state index contributed by atoms with van der Waals surface area (Å²) in [6, 6.07) is 7.21. The highest BCUT2D eigenvalue weighted by molar-refractivity contribution is 9.10. The number of aromatic carboxylic acids is 1. The van der Waals surface area contributed by atoms with Crippen LogP contribution < -0.4 is 4.72 Å². The molecule has 21 heavy (non-hydrogen) atoms. The van der Waals surface area contributed by atoms with Gasteiger partial charge in [-0.1, -0.05) is 15.9 Å². The van der Waals surface area contributed by atoms with Crippen LogP contribution in [-0.4, -0.2) is 24.5 Å². The molecule has 0 saturated carbocycles. The van der Waals surface area contributed by atoms with Crippen LogP contribution in [0.5, 0.6) is 0 Å². The fraction of sp³-hybridized carbons (Fsp3) is 0.0769. The molecule has 0 saturated heterocycles. The Morgan fingerprint density at radius 2 is 2.05 bits per heavy atom. The molecule has 0 amide bonds. The molecule has 1 heterocycles. The van der Waals surface area contributed by atoms with Gasteiger partial charge in [-0.3, -0.25) is 4.72 Å². The second-order valence-electron chi connectivity index (χ2n) is 4.22. The zero-order valence-electron chi connectivity index (χ0n) is 10.9. The minimum Gasteiger partial charge on any atom is -0.478 e. The molecule has 1 aromatic heterocycles. The van der Waals surface area contributed by atoms with E-state index in [1.807, 2.05) is 0 Å². The van der Waals surface area contributed by atoms with Gasteiger partial charge in [-0.25, -0.2) is 18.2 Å². The van der Waals surface area contributed by atoms with Gasteiger partial charge in [0.1, 0.15) is 5.56 Å². The van der Waals surface area contributed by atoms with E-state index in [2.05, 4.69) is 25.6 Å². The number of carboxylic acid groups (broad SMARTS) is 1. The summed E-state index contributed by atoms with van der Waals surface area (Å²) in [4.78, 5) is 14.9. The van der Waals surface area contributed by atoms with Crippen molar-refractivity contribution in [1.82, 2.24) is 4.98 Å². The molecule has 0 radical (unpaired) electrons. The number of rotatable bonds is 4. The monoisotopic (exact) mass is 370 g/mol. The van der Waals surface area contributed by atoms with E-state index in [0.29, 0.717) is 0 Å². The van der Waals surface area contributed by atoms with Crippen LogP contribution in [0.1, 0.15) is 15.9 Å². The van der Waals surface area contributed by atoms with Gasteiger partial charge in [0.2, 0.25) is 0 Å². The summed E-state index contributed by atoms with van der Waals surface area (Å²) in [5.74, 6) is -1.47. The lowest BCUT2D eigenvalue weighted by Gasteiger charge is -2.10.